The first-order valence-corrected chi connectivity index (χ1v) is 9.06. The van der Waals surface area contributed by atoms with Crippen LogP contribution in [0.1, 0.15) is 52.1 Å². The summed E-state index contributed by atoms with van der Waals surface area (Å²) < 4.78 is 16.2. The van der Waals surface area contributed by atoms with E-state index in [4.69, 9.17) is 0 Å². The highest BCUT2D eigenvalue weighted by molar-refractivity contribution is 9.10. The molecule has 0 bridgehead atoms. The third kappa shape index (κ3) is 3.24. The van der Waals surface area contributed by atoms with Crippen molar-refractivity contribution in [2.45, 2.75) is 57.7 Å². The maximum absolute atomic E-state index is 12.5. The minimum absolute atomic E-state index is 0.393. The van der Waals surface area contributed by atoms with Crippen LogP contribution in [0.15, 0.2) is 10.7 Å². The van der Waals surface area contributed by atoms with Crippen LogP contribution in [0.25, 0.3) is 0 Å². The van der Waals surface area contributed by atoms with Gasteiger partial charge in [-0.1, -0.05) is 0 Å². The number of rotatable bonds is 3. The van der Waals surface area contributed by atoms with Gasteiger partial charge in [-0.05, 0) is 63.4 Å². The molecule has 5 nitrogen and oxygen atoms in total. The van der Waals surface area contributed by atoms with E-state index in [1.807, 2.05) is 34.6 Å². The van der Waals surface area contributed by atoms with Crippen molar-refractivity contribution in [3.8, 4) is 6.07 Å². The first kappa shape index (κ1) is 17.5. The quantitative estimate of drug-likeness (QED) is 0.867. The van der Waals surface area contributed by atoms with Gasteiger partial charge in [0, 0.05) is 6.20 Å². The molecule has 1 atom stereocenters. The molecule has 22 heavy (non-hydrogen) atoms. The first-order chi connectivity index (χ1) is 10.0. The number of hydrogen-bond donors (Lipinski definition) is 1. The van der Waals surface area contributed by atoms with E-state index in [0.717, 1.165) is 10.2 Å². The molecule has 120 valence electrons. The summed E-state index contributed by atoms with van der Waals surface area (Å²) >= 11 is 3.40. The molecule has 1 heterocycles. The number of aryl methyl sites for hydroxylation is 1. The van der Waals surface area contributed by atoms with Crippen LogP contribution < -0.4 is 4.72 Å². The SMILES string of the molecule is Cc1nc(C2(NS(=O)C(C)(C)C)CC(C)(C#N)C2)ncc1Br. The monoisotopic (exact) mass is 384 g/mol. The zero-order chi connectivity index (χ0) is 16.8. The van der Waals surface area contributed by atoms with Gasteiger partial charge in [-0.3, -0.25) is 0 Å². The third-order valence-electron chi connectivity index (χ3n) is 3.85. The first-order valence-electron chi connectivity index (χ1n) is 7.12. The van der Waals surface area contributed by atoms with Crippen LogP contribution in [0.2, 0.25) is 0 Å². The summed E-state index contributed by atoms with van der Waals surface area (Å²) in [6, 6.07) is 2.34. The molecule has 1 unspecified atom stereocenters. The van der Waals surface area contributed by atoms with Crippen LogP contribution in [0, 0.1) is 23.7 Å². The lowest BCUT2D eigenvalue weighted by molar-refractivity contribution is 0.0739. The highest BCUT2D eigenvalue weighted by Crippen LogP contribution is 2.53. The fraction of sp³-hybridized carbons (Fsp3) is 0.667. The number of aromatic nitrogens is 2. The molecule has 1 aliphatic rings. The zero-order valence-electron chi connectivity index (χ0n) is 13.5. The van der Waals surface area contributed by atoms with E-state index in [1.165, 1.54) is 0 Å². The Hall–Kier alpha value is -0.840. The average Bonchev–Trinajstić information content (AvgIpc) is 2.38. The largest absolute Gasteiger partial charge is 0.242 e. The second kappa shape index (κ2) is 5.66. The number of hydrogen-bond acceptors (Lipinski definition) is 4. The van der Waals surface area contributed by atoms with Crippen LogP contribution in [0.5, 0.6) is 0 Å². The number of halogens is 1. The molecule has 0 saturated heterocycles. The van der Waals surface area contributed by atoms with Crippen LogP contribution in [0.3, 0.4) is 0 Å². The van der Waals surface area contributed by atoms with Crippen molar-refractivity contribution in [1.29, 1.82) is 5.26 Å². The molecule has 0 amide bonds. The van der Waals surface area contributed by atoms with Gasteiger partial charge < -0.3 is 0 Å². The Morgan fingerprint density at radius 3 is 2.50 bits per heavy atom. The molecule has 1 aliphatic carbocycles. The topological polar surface area (TPSA) is 78.7 Å². The molecule has 0 aromatic carbocycles. The molecule has 1 fully saturated rings. The zero-order valence-corrected chi connectivity index (χ0v) is 15.9. The van der Waals surface area contributed by atoms with Gasteiger partial charge in [0.15, 0.2) is 0 Å². The van der Waals surface area contributed by atoms with Crippen molar-refractivity contribution in [3.05, 3.63) is 22.2 Å². The Bertz CT molecular complexity index is 656. The smallest absolute Gasteiger partial charge is 0.149 e. The normalized spacial score (nSPS) is 29.5. The summed E-state index contributed by atoms with van der Waals surface area (Å²) in [5.74, 6) is 0.610. The van der Waals surface area contributed by atoms with E-state index in [1.54, 1.807) is 6.20 Å². The molecule has 1 saturated carbocycles. The summed E-state index contributed by atoms with van der Waals surface area (Å²) in [4.78, 5) is 8.94. The van der Waals surface area contributed by atoms with Crippen molar-refractivity contribution < 1.29 is 4.21 Å². The Labute approximate surface area is 142 Å². The van der Waals surface area contributed by atoms with Crippen molar-refractivity contribution >= 4 is 26.9 Å². The van der Waals surface area contributed by atoms with Gasteiger partial charge in [0.2, 0.25) is 0 Å². The molecular weight excluding hydrogens is 364 g/mol. The number of nitrogens with zero attached hydrogens (tertiary/aromatic N) is 3. The second-order valence-electron chi connectivity index (χ2n) is 7.22. The molecular formula is C15H21BrN4OS. The Balaban J connectivity index is 2.38. The minimum Gasteiger partial charge on any atom is -0.242 e. The van der Waals surface area contributed by atoms with Crippen molar-refractivity contribution in [2.24, 2.45) is 5.41 Å². The molecule has 0 spiro atoms. The molecule has 1 aromatic heterocycles. The Morgan fingerprint density at radius 1 is 1.45 bits per heavy atom. The average molecular weight is 385 g/mol. The van der Waals surface area contributed by atoms with E-state index in [9.17, 15) is 9.47 Å². The van der Waals surface area contributed by atoms with E-state index < -0.39 is 26.7 Å². The van der Waals surface area contributed by atoms with Gasteiger partial charge >= 0.3 is 0 Å². The van der Waals surface area contributed by atoms with E-state index in [-0.39, 0.29) is 0 Å². The second-order valence-corrected chi connectivity index (χ2v) is 10.0. The number of nitrogens with one attached hydrogen (secondary N) is 1. The van der Waals surface area contributed by atoms with Crippen LogP contribution in [0.4, 0.5) is 0 Å². The summed E-state index contributed by atoms with van der Waals surface area (Å²) in [5.41, 5.74) is -0.202. The lowest BCUT2D eigenvalue weighted by atomic mass is 9.59. The summed E-state index contributed by atoms with van der Waals surface area (Å²) in [6.45, 7) is 9.56. The van der Waals surface area contributed by atoms with Crippen molar-refractivity contribution in [1.82, 2.24) is 14.7 Å². The highest BCUT2D eigenvalue weighted by atomic mass is 79.9. The summed E-state index contributed by atoms with van der Waals surface area (Å²) in [6.07, 6.45) is 2.82. The van der Waals surface area contributed by atoms with E-state index in [0.29, 0.717) is 18.7 Å². The van der Waals surface area contributed by atoms with Gasteiger partial charge in [-0.2, -0.15) is 5.26 Å². The van der Waals surface area contributed by atoms with Gasteiger partial charge in [-0.25, -0.2) is 18.9 Å². The van der Waals surface area contributed by atoms with E-state index >= 15 is 0 Å². The summed E-state index contributed by atoms with van der Waals surface area (Å²) in [7, 11) is -1.25. The van der Waals surface area contributed by atoms with Crippen LogP contribution in [-0.2, 0) is 16.5 Å². The lowest BCUT2D eigenvalue weighted by Crippen LogP contribution is -2.59. The number of nitriles is 1. The molecule has 0 aliphatic heterocycles. The maximum Gasteiger partial charge on any atom is 0.149 e. The fourth-order valence-electron chi connectivity index (χ4n) is 2.65. The minimum atomic E-state index is -1.25. The lowest BCUT2D eigenvalue weighted by Gasteiger charge is -2.50. The third-order valence-corrected chi connectivity index (χ3v) is 6.31. The van der Waals surface area contributed by atoms with Crippen molar-refractivity contribution in [2.75, 3.05) is 0 Å². The standard InChI is InChI=1S/C15H21BrN4OS/c1-10-11(16)6-18-12(19-10)15(7-14(5,8-15)9-17)20-22(21)13(2,3)4/h6,20H,7-8H2,1-5H3. The van der Waals surface area contributed by atoms with Crippen LogP contribution >= 0.6 is 15.9 Å². The predicted molar refractivity (Wildman–Crippen MR) is 90.1 cm³/mol. The summed E-state index contributed by atoms with van der Waals surface area (Å²) in [5, 5.41) is 9.32. The Kier molecular flexibility index (Phi) is 4.51. The van der Waals surface area contributed by atoms with Gasteiger partial charge in [0.1, 0.15) is 5.82 Å². The van der Waals surface area contributed by atoms with Gasteiger partial charge in [-0.15, -0.1) is 0 Å². The molecule has 1 aromatic rings. The molecule has 2 rings (SSSR count). The van der Waals surface area contributed by atoms with Crippen LogP contribution in [-0.4, -0.2) is 18.9 Å². The van der Waals surface area contributed by atoms with Crippen molar-refractivity contribution in [3.63, 3.8) is 0 Å². The highest BCUT2D eigenvalue weighted by Gasteiger charge is 2.56. The van der Waals surface area contributed by atoms with Gasteiger partial charge in [0.25, 0.3) is 0 Å². The molecule has 0 radical (unpaired) electrons. The predicted octanol–water partition coefficient (Wildman–Crippen LogP) is 3.12. The molecule has 1 N–H and O–H groups in total. The Morgan fingerprint density at radius 2 is 2.05 bits per heavy atom. The fourth-order valence-corrected chi connectivity index (χ4v) is 3.74. The van der Waals surface area contributed by atoms with E-state index in [2.05, 4.69) is 36.7 Å². The molecule has 7 heteroatoms. The maximum atomic E-state index is 12.5. The van der Waals surface area contributed by atoms with Gasteiger partial charge in [0.05, 0.1) is 42.9 Å².